The second kappa shape index (κ2) is 9.67. The van der Waals surface area contributed by atoms with Gasteiger partial charge >= 0.3 is 0 Å². The lowest BCUT2D eigenvalue weighted by Crippen LogP contribution is -2.08. The van der Waals surface area contributed by atoms with E-state index < -0.39 is 0 Å². The Morgan fingerprint density at radius 2 is 1.83 bits per heavy atom. The molecule has 0 saturated carbocycles. The summed E-state index contributed by atoms with van der Waals surface area (Å²) in [5, 5.41) is 0. The number of carbonyl (C=O) groups is 1. The van der Waals surface area contributed by atoms with Crippen LogP contribution in [0.3, 0.4) is 0 Å². The van der Waals surface area contributed by atoms with Gasteiger partial charge in [-0.2, -0.15) is 0 Å². The van der Waals surface area contributed by atoms with Crippen LogP contribution in [0.4, 0.5) is 0 Å². The van der Waals surface area contributed by atoms with E-state index in [-0.39, 0.29) is 6.41 Å². The minimum Gasteiger partial charge on any atom is -0.384 e. The quantitative estimate of drug-likeness (QED) is 0.773. The molecule has 0 aliphatic heterocycles. The first-order valence-electron chi connectivity index (χ1n) is 5.91. The first-order chi connectivity index (χ1) is 8.62. The van der Waals surface area contributed by atoms with Crippen molar-refractivity contribution >= 4 is 6.41 Å². The molecule has 5 heteroatoms. The van der Waals surface area contributed by atoms with Gasteiger partial charge in [0, 0.05) is 32.2 Å². The van der Waals surface area contributed by atoms with Gasteiger partial charge in [0.25, 0.3) is 0 Å². The maximum atomic E-state index is 8.58. The number of aromatic nitrogens is 1. The van der Waals surface area contributed by atoms with Gasteiger partial charge in [0.05, 0.1) is 13.2 Å². The van der Waals surface area contributed by atoms with Crippen molar-refractivity contribution in [3.8, 4) is 0 Å². The summed E-state index contributed by atoms with van der Waals surface area (Å²) in [6, 6.07) is 2.24. The van der Waals surface area contributed by atoms with E-state index in [1.54, 1.807) is 14.2 Å². The molecule has 0 radical (unpaired) electrons. The Balaban J connectivity index is 0.000000873. The summed E-state index contributed by atoms with van der Waals surface area (Å²) in [6.45, 7) is 6.78. The van der Waals surface area contributed by atoms with Crippen molar-refractivity contribution in [3.05, 3.63) is 23.0 Å². The van der Waals surface area contributed by atoms with Crippen LogP contribution in [0.25, 0.3) is 0 Å². The molecule has 0 saturated heterocycles. The molecule has 104 valence electrons. The summed E-state index contributed by atoms with van der Waals surface area (Å²) in [5.41, 5.74) is 8.18. The van der Waals surface area contributed by atoms with Crippen molar-refractivity contribution in [1.82, 2.24) is 4.57 Å². The van der Waals surface area contributed by atoms with Crippen LogP contribution in [0.5, 0.6) is 0 Å². The van der Waals surface area contributed by atoms with Crippen molar-refractivity contribution in [1.29, 1.82) is 0 Å². The molecule has 2 N–H and O–H groups in total. The molecule has 0 bridgehead atoms. The molecule has 0 fully saturated rings. The topological polar surface area (TPSA) is 66.5 Å². The van der Waals surface area contributed by atoms with E-state index in [1.807, 2.05) is 0 Å². The van der Waals surface area contributed by atoms with Gasteiger partial charge < -0.3 is 19.8 Å². The van der Waals surface area contributed by atoms with Crippen LogP contribution in [0, 0.1) is 13.8 Å². The zero-order valence-electron chi connectivity index (χ0n) is 11.7. The molecular weight excluding hydrogens is 232 g/mol. The van der Waals surface area contributed by atoms with E-state index in [0.717, 1.165) is 26.2 Å². The molecule has 1 amide bonds. The number of carbonyl (C=O) groups excluding carboxylic acids is 1. The number of nitrogens with two attached hydrogens (primary N) is 1. The third-order valence-corrected chi connectivity index (χ3v) is 2.77. The van der Waals surface area contributed by atoms with Crippen LogP contribution in [0.1, 0.15) is 17.0 Å². The van der Waals surface area contributed by atoms with E-state index in [1.165, 1.54) is 17.0 Å². The highest BCUT2D eigenvalue weighted by atomic mass is 16.5. The average Bonchev–Trinajstić information content (AvgIpc) is 2.61. The number of aryl methyl sites for hydroxylation is 1. The fraction of sp³-hybridized carbons (Fsp3) is 0.615. The SMILES string of the molecule is COCCc1cc(C)n(CCOC)c1C.NC=O. The number of rotatable bonds is 6. The molecule has 1 heterocycles. The maximum Gasteiger partial charge on any atom is 0.204 e. The molecule has 0 aliphatic carbocycles. The van der Waals surface area contributed by atoms with Gasteiger partial charge in [0.15, 0.2) is 0 Å². The predicted octanol–water partition coefficient (Wildman–Crippen LogP) is 1.04. The van der Waals surface area contributed by atoms with Crippen molar-refractivity contribution in [2.45, 2.75) is 26.8 Å². The summed E-state index contributed by atoms with van der Waals surface area (Å²) >= 11 is 0. The summed E-state index contributed by atoms with van der Waals surface area (Å²) in [7, 11) is 3.48. The maximum absolute atomic E-state index is 8.58. The first-order valence-corrected chi connectivity index (χ1v) is 5.91. The third kappa shape index (κ3) is 5.33. The summed E-state index contributed by atoms with van der Waals surface area (Å²) < 4.78 is 12.5. The summed E-state index contributed by atoms with van der Waals surface area (Å²) in [6.07, 6.45) is 1.24. The summed E-state index contributed by atoms with van der Waals surface area (Å²) in [4.78, 5) is 8.58. The van der Waals surface area contributed by atoms with Crippen molar-refractivity contribution in [3.63, 3.8) is 0 Å². The number of amides is 1. The Kier molecular flexibility index (Phi) is 8.96. The number of nitrogens with zero attached hydrogens (tertiary/aromatic N) is 1. The van der Waals surface area contributed by atoms with Crippen LogP contribution >= 0.6 is 0 Å². The van der Waals surface area contributed by atoms with Crippen LogP contribution in [0.15, 0.2) is 6.07 Å². The molecule has 0 aromatic carbocycles. The van der Waals surface area contributed by atoms with Crippen molar-refractivity contribution < 1.29 is 14.3 Å². The van der Waals surface area contributed by atoms with Crippen molar-refractivity contribution in [2.75, 3.05) is 27.4 Å². The standard InChI is InChI=1S/C12H21NO2.CH3NO/c1-10-9-12(5-7-14-3)11(2)13(10)6-8-15-4;2-1-3/h9H,5-8H2,1-4H3;1H,(H2,2,3). The lowest BCUT2D eigenvalue weighted by atomic mass is 10.2. The Hall–Kier alpha value is -1.33. The second-order valence-electron chi connectivity index (χ2n) is 3.92. The average molecular weight is 256 g/mol. The number of ether oxygens (including phenoxy) is 2. The largest absolute Gasteiger partial charge is 0.384 e. The fourth-order valence-corrected chi connectivity index (χ4v) is 1.86. The van der Waals surface area contributed by atoms with Gasteiger partial charge in [-0.15, -0.1) is 0 Å². The lowest BCUT2D eigenvalue weighted by molar-refractivity contribution is -0.106. The van der Waals surface area contributed by atoms with Crippen LogP contribution in [-0.4, -0.2) is 38.4 Å². The molecule has 1 aromatic heterocycles. The lowest BCUT2D eigenvalue weighted by Gasteiger charge is -2.08. The number of hydrogen-bond acceptors (Lipinski definition) is 3. The second-order valence-corrected chi connectivity index (χ2v) is 3.92. The van der Waals surface area contributed by atoms with E-state index in [9.17, 15) is 0 Å². The molecule has 0 spiro atoms. The smallest absolute Gasteiger partial charge is 0.204 e. The zero-order valence-corrected chi connectivity index (χ0v) is 11.7. The fourth-order valence-electron chi connectivity index (χ4n) is 1.86. The van der Waals surface area contributed by atoms with Gasteiger partial charge in [-0.25, -0.2) is 0 Å². The molecule has 18 heavy (non-hydrogen) atoms. The number of methoxy groups -OCH3 is 2. The van der Waals surface area contributed by atoms with E-state index in [0.29, 0.717) is 0 Å². The Bertz CT molecular complexity index is 348. The molecule has 1 rings (SSSR count). The minimum atomic E-state index is 0.250. The zero-order chi connectivity index (χ0) is 14.0. The Morgan fingerprint density at radius 1 is 1.28 bits per heavy atom. The molecule has 0 aliphatic rings. The van der Waals surface area contributed by atoms with Crippen LogP contribution in [0.2, 0.25) is 0 Å². The van der Waals surface area contributed by atoms with E-state index >= 15 is 0 Å². The first kappa shape index (κ1) is 16.7. The molecular formula is C13H24N2O3. The van der Waals surface area contributed by atoms with Crippen LogP contribution < -0.4 is 5.73 Å². The third-order valence-electron chi connectivity index (χ3n) is 2.77. The molecule has 0 atom stereocenters. The normalized spacial score (nSPS) is 9.78. The van der Waals surface area contributed by atoms with Gasteiger partial charge in [-0.05, 0) is 31.9 Å². The Labute approximate surface area is 109 Å². The number of primary amides is 1. The Morgan fingerprint density at radius 3 is 2.33 bits per heavy atom. The molecule has 1 aromatic rings. The van der Waals surface area contributed by atoms with Gasteiger partial charge in [-0.3, -0.25) is 4.79 Å². The highest BCUT2D eigenvalue weighted by Gasteiger charge is 2.07. The highest BCUT2D eigenvalue weighted by molar-refractivity contribution is 5.42. The molecule has 5 nitrogen and oxygen atoms in total. The van der Waals surface area contributed by atoms with Crippen LogP contribution in [-0.2, 0) is 27.2 Å². The van der Waals surface area contributed by atoms with Crippen molar-refractivity contribution in [2.24, 2.45) is 5.73 Å². The summed E-state index contributed by atoms with van der Waals surface area (Å²) in [5.74, 6) is 0. The number of hydrogen-bond donors (Lipinski definition) is 1. The predicted molar refractivity (Wildman–Crippen MR) is 71.6 cm³/mol. The highest BCUT2D eigenvalue weighted by Crippen LogP contribution is 2.15. The van der Waals surface area contributed by atoms with Gasteiger partial charge in [0.1, 0.15) is 0 Å². The monoisotopic (exact) mass is 256 g/mol. The van der Waals surface area contributed by atoms with Gasteiger partial charge in [-0.1, -0.05) is 0 Å². The minimum absolute atomic E-state index is 0.250. The van der Waals surface area contributed by atoms with Gasteiger partial charge in [0.2, 0.25) is 6.41 Å². The van der Waals surface area contributed by atoms with E-state index in [2.05, 4.69) is 30.2 Å². The molecule has 0 unspecified atom stereocenters. The van der Waals surface area contributed by atoms with E-state index in [4.69, 9.17) is 14.3 Å².